The first-order valence-corrected chi connectivity index (χ1v) is 6.00. The number of nitrogens with two attached hydrogens (primary N) is 1. The lowest BCUT2D eigenvalue weighted by atomic mass is 10.2. The molecule has 0 amide bonds. The number of nitrogen functional groups attached to an aromatic ring is 1. The number of hydrogen-bond acceptors (Lipinski definition) is 2. The van der Waals surface area contributed by atoms with Crippen molar-refractivity contribution in [1.82, 2.24) is 0 Å². The fourth-order valence-corrected chi connectivity index (χ4v) is 2.01. The summed E-state index contributed by atoms with van der Waals surface area (Å²) in [7, 11) is 0. The van der Waals surface area contributed by atoms with E-state index in [0.717, 1.165) is 5.56 Å². The predicted molar refractivity (Wildman–Crippen MR) is 75.3 cm³/mol. The summed E-state index contributed by atoms with van der Waals surface area (Å²) in [4.78, 5) is 0. The van der Waals surface area contributed by atoms with Crippen LogP contribution in [0.5, 0.6) is 0 Å². The normalized spacial score (nSPS) is 10.4. The molecule has 0 radical (unpaired) electrons. The minimum absolute atomic E-state index is 0.340. The molecule has 0 fully saturated rings. The van der Waals surface area contributed by atoms with E-state index in [9.17, 15) is 4.39 Å². The van der Waals surface area contributed by atoms with E-state index < -0.39 is 5.82 Å². The second-order valence-corrected chi connectivity index (χ2v) is 4.79. The summed E-state index contributed by atoms with van der Waals surface area (Å²) in [6.07, 6.45) is 0. The molecular weight excluding hydrogens is 274 g/mol. The molecule has 94 valence electrons. The molecule has 0 bridgehead atoms. The highest BCUT2D eigenvalue weighted by atomic mass is 35.5. The molecule has 0 unspecified atom stereocenters. The molecule has 18 heavy (non-hydrogen) atoms. The van der Waals surface area contributed by atoms with Crippen molar-refractivity contribution in [2.75, 3.05) is 11.1 Å². The third-order valence-electron chi connectivity index (χ3n) is 2.45. The summed E-state index contributed by atoms with van der Waals surface area (Å²) in [6.45, 7) is 1.86. The zero-order valence-corrected chi connectivity index (χ0v) is 11.1. The van der Waals surface area contributed by atoms with Crippen LogP contribution in [0.2, 0.25) is 10.0 Å². The van der Waals surface area contributed by atoms with Crippen molar-refractivity contribution in [3.63, 3.8) is 0 Å². The van der Waals surface area contributed by atoms with Gasteiger partial charge in [0.25, 0.3) is 0 Å². The van der Waals surface area contributed by atoms with E-state index in [0.29, 0.717) is 27.1 Å². The first kappa shape index (κ1) is 13.0. The lowest BCUT2D eigenvalue weighted by Gasteiger charge is -2.11. The van der Waals surface area contributed by atoms with Gasteiger partial charge in [0, 0.05) is 16.4 Å². The monoisotopic (exact) mass is 284 g/mol. The molecule has 2 aromatic rings. The Labute approximate surface area is 115 Å². The Hall–Kier alpha value is -1.45. The second kappa shape index (κ2) is 5.04. The molecular formula is C13H11Cl2FN2. The maximum atomic E-state index is 13.2. The zero-order valence-electron chi connectivity index (χ0n) is 9.60. The SMILES string of the molecule is Cc1cc(Cl)c(Nc2cc(N)cc(F)c2)cc1Cl. The van der Waals surface area contributed by atoms with E-state index in [-0.39, 0.29) is 0 Å². The smallest absolute Gasteiger partial charge is 0.127 e. The molecule has 2 aromatic carbocycles. The molecule has 0 aliphatic rings. The highest BCUT2D eigenvalue weighted by Gasteiger charge is 2.06. The molecule has 0 spiro atoms. The number of aryl methyl sites for hydroxylation is 1. The number of hydrogen-bond donors (Lipinski definition) is 2. The Balaban J connectivity index is 2.36. The minimum Gasteiger partial charge on any atom is -0.399 e. The van der Waals surface area contributed by atoms with Gasteiger partial charge < -0.3 is 11.1 Å². The lowest BCUT2D eigenvalue weighted by molar-refractivity contribution is 0.629. The van der Waals surface area contributed by atoms with Crippen molar-refractivity contribution in [1.29, 1.82) is 0 Å². The summed E-state index contributed by atoms with van der Waals surface area (Å²) in [5.74, 6) is -0.410. The van der Waals surface area contributed by atoms with Crippen LogP contribution in [0.3, 0.4) is 0 Å². The molecule has 0 saturated heterocycles. The molecule has 2 rings (SSSR count). The molecule has 3 N–H and O–H groups in total. The Kier molecular flexibility index (Phi) is 3.64. The van der Waals surface area contributed by atoms with Crippen LogP contribution in [0.1, 0.15) is 5.56 Å². The topological polar surface area (TPSA) is 38.0 Å². The average molecular weight is 285 g/mol. The molecule has 0 aromatic heterocycles. The average Bonchev–Trinajstić information content (AvgIpc) is 2.24. The predicted octanol–water partition coefficient (Wildman–Crippen LogP) is 4.77. The van der Waals surface area contributed by atoms with Crippen LogP contribution >= 0.6 is 23.2 Å². The van der Waals surface area contributed by atoms with Gasteiger partial charge in [-0.25, -0.2) is 4.39 Å². The maximum absolute atomic E-state index is 13.2. The van der Waals surface area contributed by atoms with E-state index >= 15 is 0 Å². The third kappa shape index (κ3) is 2.86. The van der Waals surface area contributed by atoms with E-state index in [4.69, 9.17) is 28.9 Å². The summed E-state index contributed by atoms with van der Waals surface area (Å²) in [6, 6.07) is 7.64. The number of halogens is 3. The van der Waals surface area contributed by atoms with Gasteiger partial charge in [0.15, 0.2) is 0 Å². The van der Waals surface area contributed by atoms with Crippen LogP contribution in [-0.2, 0) is 0 Å². The Morgan fingerprint density at radius 1 is 1.06 bits per heavy atom. The Morgan fingerprint density at radius 2 is 1.78 bits per heavy atom. The van der Waals surface area contributed by atoms with Crippen LogP contribution in [0.15, 0.2) is 30.3 Å². The molecule has 0 atom stereocenters. The minimum atomic E-state index is -0.410. The molecule has 2 nitrogen and oxygen atoms in total. The fraction of sp³-hybridized carbons (Fsp3) is 0.0769. The lowest BCUT2D eigenvalue weighted by Crippen LogP contribution is -1.95. The number of nitrogens with one attached hydrogen (secondary N) is 1. The van der Waals surface area contributed by atoms with Gasteiger partial charge in [-0.15, -0.1) is 0 Å². The van der Waals surface area contributed by atoms with Crippen molar-refractivity contribution < 1.29 is 4.39 Å². The van der Waals surface area contributed by atoms with Crippen LogP contribution in [0.4, 0.5) is 21.5 Å². The Bertz CT molecular complexity index is 580. The molecule has 0 aliphatic carbocycles. The van der Waals surface area contributed by atoms with Gasteiger partial charge >= 0.3 is 0 Å². The molecule has 0 aliphatic heterocycles. The highest BCUT2D eigenvalue weighted by molar-refractivity contribution is 6.35. The van der Waals surface area contributed by atoms with Gasteiger partial charge in [0.1, 0.15) is 5.82 Å². The van der Waals surface area contributed by atoms with Gasteiger partial charge in [-0.3, -0.25) is 0 Å². The molecule has 0 saturated carbocycles. The number of rotatable bonds is 2. The van der Waals surface area contributed by atoms with Crippen LogP contribution in [-0.4, -0.2) is 0 Å². The van der Waals surface area contributed by atoms with Crippen molar-refractivity contribution in [3.8, 4) is 0 Å². The van der Waals surface area contributed by atoms with Crippen molar-refractivity contribution >= 4 is 40.3 Å². The van der Waals surface area contributed by atoms with Crippen LogP contribution < -0.4 is 11.1 Å². The van der Waals surface area contributed by atoms with Crippen LogP contribution in [0.25, 0.3) is 0 Å². The highest BCUT2D eigenvalue weighted by Crippen LogP contribution is 2.31. The van der Waals surface area contributed by atoms with Crippen molar-refractivity contribution in [3.05, 3.63) is 51.8 Å². The van der Waals surface area contributed by atoms with E-state index in [1.807, 2.05) is 6.92 Å². The molecule has 0 heterocycles. The maximum Gasteiger partial charge on any atom is 0.127 e. The summed E-state index contributed by atoms with van der Waals surface area (Å²) < 4.78 is 13.2. The van der Waals surface area contributed by atoms with Gasteiger partial charge in [-0.1, -0.05) is 23.2 Å². The van der Waals surface area contributed by atoms with Gasteiger partial charge in [0.2, 0.25) is 0 Å². The van der Waals surface area contributed by atoms with E-state index in [1.54, 1.807) is 18.2 Å². The van der Waals surface area contributed by atoms with Gasteiger partial charge in [-0.05, 0) is 42.8 Å². The second-order valence-electron chi connectivity index (χ2n) is 3.98. The first-order valence-electron chi connectivity index (χ1n) is 5.24. The third-order valence-corrected chi connectivity index (χ3v) is 3.17. The van der Waals surface area contributed by atoms with Crippen molar-refractivity contribution in [2.45, 2.75) is 6.92 Å². The van der Waals surface area contributed by atoms with Gasteiger partial charge in [0.05, 0.1) is 10.7 Å². The van der Waals surface area contributed by atoms with E-state index in [1.165, 1.54) is 12.1 Å². The zero-order chi connectivity index (χ0) is 13.3. The van der Waals surface area contributed by atoms with Crippen molar-refractivity contribution in [2.24, 2.45) is 0 Å². The van der Waals surface area contributed by atoms with E-state index in [2.05, 4.69) is 5.32 Å². The summed E-state index contributed by atoms with van der Waals surface area (Å²) in [5, 5.41) is 4.09. The molecule has 5 heteroatoms. The largest absolute Gasteiger partial charge is 0.399 e. The number of anilines is 3. The fourth-order valence-electron chi connectivity index (χ4n) is 1.58. The quantitative estimate of drug-likeness (QED) is 0.780. The Morgan fingerprint density at radius 3 is 2.44 bits per heavy atom. The summed E-state index contributed by atoms with van der Waals surface area (Å²) >= 11 is 12.1. The van der Waals surface area contributed by atoms with Crippen LogP contribution in [0, 0.1) is 12.7 Å². The first-order chi connectivity index (χ1) is 8.45. The standard InChI is InChI=1S/C13H11Cl2FN2/c1-7-2-12(15)13(6-11(7)14)18-10-4-8(16)3-9(17)5-10/h2-6,18H,17H2,1H3. The number of benzene rings is 2. The summed E-state index contributed by atoms with van der Waals surface area (Å²) in [5.41, 5.74) is 7.92. The van der Waals surface area contributed by atoms with Gasteiger partial charge in [-0.2, -0.15) is 0 Å².